The normalized spacial score (nSPS) is 12.3. The molecule has 3 rings (SSSR count). The summed E-state index contributed by atoms with van der Waals surface area (Å²) in [7, 11) is 1.65. The molecule has 23 heavy (non-hydrogen) atoms. The van der Waals surface area contributed by atoms with Crippen molar-refractivity contribution in [1.82, 2.24) is 19.6 Å². The van der Waals surface area contributed by atoms with E-state index in [0.717, 1.165) is 11.1 Å². The molecule has 0 aliphatic rings. The van der Waals surface area contributed by atoms with Gasteiger partial charge in [0, 0.05) is 18.9 Å². The highest BCUT2D eigenvalue weighted by Crippen LogP contribution is 2.27. The van der Waals surface area contributed by atoms with Crippen LogP contribution in [0, 0.1) is 0 Å². The van der Waals surface area contributed by atoms with Gasteiger partial charge in [0.2, 0.25) is 5.82 Å². The van der Waals surface area contributed by atoms with E-state index in [1.54, 1.807) is 7.11 Å². The molecule has 0 fully saturated rings. The topological polar surface area (TPSA) is 52.3 Å². The predicted molar refractivity (Wildman–Crippen MR) is 81.2 cm³/mol. The molecule has 0 bridgehead atoms. The lowest BCUT2D eigenvalue weighted by Crippen LogP contribution is -2.19. The third-order valence-electron chi connectivity index (χ3n) is 3.90. The molecule has 0 N–H and O–H groups in total. The van der Waals surface area contributed by atoms with Gasteiger partial charge in [-0.2, -0.15) is 0 Å². The van der Waals surface area contributed by atoms with Crippen LogP contribution in [0.3, 0.4) is 0 Å². The van der Waals surface area contributed by atoms with Gasteiger partial charge in [-0.1, -0.05) is 24.3 Å². The van der Waals surface area contributed by atoms with Crippen LogP contribution in [-0.2, 0) is 10.3 Å². The van der Waals surface area contributed by atoms with Crippen molar-refractivity contribution in [3.05, 3.63) is 48.0 Å². The van der Waals surface area contributed by atoms with Crippen LogP contribution in [0.25, 0.3) is 16.9 Å². The largest absolute Gasteiger partial charge is 0.374 e. The van der Waals surface area contributed by atoms with E-state index in [0.29, 0.717) is 11.3 Å². The molecule has 0 aliphatic heterocycles. The minimum atomic E-state index is -2.69. The number of alkyl halides is 2. The first-order chi connectivity index (χ1) is 10.9. The number of hydrogen-bond donors (Lipinski definition) is 0. The molecule has 3 aromatic rings. The molecule has 7 heteroatoms. The molecule has 120 valence electrons. The van der Waals surface area contributed by atoms with Crippen molar-refractivity contribution in [2.45, 2.75) is 25.9 Å². The first-order valence-electron chi connectivity index (χ1n) is 7.07. The average molecular weight is 318 g/mol. The molecule has 0 amide bonds. The maximum absolute atomic E-state index is 12.9. The predicted octanol–water partition coefficient (Wildman–Crippen LogP) is 3.61. The molecule has 0 aliphatic carbocycles. The second-order valence-corrected chi connectivity index (χ2v) is 5.65. The summed E-state index contributed by atoms with van der Waals surface area (Å²) in [6, 6.07) is 7.64. The minimum absolute atomic E-state index is 0.293. The number of hydrogen-bond acceptors (Lipinski definition) is 4. The Morgan fingerprint density at radius 1 is 1.13 bits per heavy atom. The summed E-state index contributed by atoms with van der Waals surface area (Å²) in [4.78, 5) is 4.26. The van der Waals surface area contributed by atoms with Gasteiger partial charge in [0.1, 0.15) is 0 Å². The summed E-state index contributed by atoms with van der Waals surface area (Å²) in [6.07, 6.45) is 0.263. The summed E-state index contributed by atoms with van der Waals surface area (Å²) < 4.78 is 32.6. The minimum Gasteiger partial charge on any atom is -0.374 e. The van der Waals surface area contributed by atoms with Gasteiger partial charge in [-0.25, -0.2) is 8.78 Å². The SMILES string of the molecule is COC(C)(C)c1ccc(-c2cn3c(C(F)F)nnc3cn2)cc1. The molecule has 1 aromatic carbocycles. The highest BCUT2D eigenvalue weighted by molar-refractivity contribution is 5.60. The van der Waals surface area contributed by atoms with Gasteiger partial charge in [-0.05, 0) is 19.4 Å². The zero-order chi connectivity index (χ0) is 16.6. The summed E-state index contributed by atoms with van der Waals surface area (Å²) in [6.45, 7) is 3.94. The van der Waals surface area contributed by atoms with Crippen molar-refractivity contribution >= 4 is 5.65 Å². The van der Waals surface area contributed by atoms with Crippen molar-refractivity contribution in [2.24, 2.45) is 0 Å². The fraction of sp³-hybridized carbons (Fsp3) is 0.312. The van der Waals surface area contributed by atoms with Crippen LogP contribution >= 0.6 is 0 Å². The van der Waals surface area contributed by atoms with Crippen LogP contribution in [0.5, 0.6) is 0 Å². The van der Waals surface area contributed by atoms with Gasteiger partial charge in [0.05, 0.1) is 17.5 Å². The fourth-order valence-electron chi connectivity index (χ4n) is 2.28. The fourth-order valence-corrected chi connectivity index (χ4v) is 2.28. The third kappa shape index (κ3) is 2.79. The molecule has 2 aromatic heterocycles. The number of benzene rings is 1. The van der Waals surface area contributed by atoms with Crippen molar-refractivity contribution in [3.63, 3.8) is 0 Å². The number of halogens is 2. The Bertz CT molecular complexity index is 828. The first-order valence-corrected chi connectivity index (χ1v) is 7.07. The summed E-state index contributed by atoms with van der Waals surface area (Å²) >= 11 is 0. The number of nitrogens with zero attached hydrogens (tertiary/aromatic N) is 4. The molecule has 5 nitrogen and oxygen atoms in total. The summed E-state index contributed by atoms with van der Waals surface area (Å²) in [5, 5.41) is 7.18. The molecule has 0 atom stereocenters. The van der Waals surface area contributed by atoms with E-state index in [2.05, 4.69) is 15.2 Å². The zero-order valence-electron chi connectivity index (χ0n) is 13.0. The third-order valence-corrected chi connectivity index (χ3v) is 3.90. The quantitative estimate of drug-likeness (QED) is 0.737. The van der Waals surface area contributed by atoms with Crippen LogP contribution in [0.2, 0.25) is 0 Å². The highest BCUT2D eigenvalue weighted by atomic mass is 19.3. The molecule has 0 spiro atoms. The second kappa shape index (κ2) is 5.66. The molecule has 0 unspecified atom stereocenters. The molecule has 0 saturated carbocycles. The molecular formula is C16H16F2N4O. The molecule has 0 saturated heterocycles. The van der Waals surface area contributed by atoms with E-state index in [1.807, 2.05) is 38.1 Å². The van der Waals surface area contributed by atoms with E-state index in [4.69, 9.17) is 4.74 Å². The van der Waals surface area contributed by atoms with Crippen molar-refractivity contribution in [3.8, 4) is 11.3 Å². The lowest BCUT2D eigenvalue weighted by atomic mass is 9.96. The van der Waals surface area contributed by atoms with Gasteiger partial charge < -0.3 is 4.74 Å². The van der Waals surface area contributed by atoms with E-state index in [-0.39, 0.29) is 5.82 Å². The van der Waals surface area contributed by atoms with Gasteiger partial charge in [-0.15, -0.1) is 10.2 Å². The number of rotatable bonds is 4. The van der Waals surface area contributed by atoms with Crippen LogP contribution in [0.15, 0.2) is 36.7 Å². The Balaban J connectivity index is 2.01. The first kappa shape index (κ1) is 15.5. The molecule has 2 heterocycles. The van der Waals surface area contributed by atoms with E-state index >= 15 is 0 Å². The number of methoxy groups -OCH3 is 1. The summed E-state index contributed by atoms with van der Waals surface area (Å²) in [5.41, 5.74) is 2.30. The van der Waals surface area contributed by atoms with Crippen molar-refractivity contribution in [1.29, 1.82) is 0 Å². The van der Waals surface area contributed by atoms with Crippen molar-refractivity contribution in [2.75, 3.05) is 7.11 Å². The lowest BCUT2D eigenvalue weighted by molar-refractivity contribution is 0.0192. The van der Waals surface area contributed by atoms with E-state index in [9.17, 15) is 8.78 Å². The second-order valence-electron chi connectivity index (χ2n) is 5.65. The Morgan fingerprint density at radius 3 is 2.43 bits per heavy atom. The van der Waals surface area contributed by atoms with E-state index in [1.165, 1.54) is 16.8 Å². The Kier molecular flexibility index (Phi) is 3.81. The Labute approximate surface area is 132 Å². The van der Waals surface area contributed by atoms with Crippen LogP contribution in [0.4, 0.5) is 8.78 Å². The Hall–Kier alpha value is -2.41. The van der Waals surface area contributed by atoms with E-state index < -0.39 is 12.0 Å². The maximum Gasteiger partial charge on any atom is 0.297 e. The van der Waals surface area contributed by atoms with Crippen molar-refractivity contribution < 1.29 is 13.5 Å². The van der Waals surface area contributed by atoms with Crippen LogP contribution in [-0.4, -0.2) is 26.7 Å². The standard InChI is InChI=1S/C16H16F2N4O/c1-16(2,23-3)11-6-4-10(5-7-11)12-9-22-13(8-19-12)20-21-15(22)14(17)18/h4-9,14H,1-3H3. The smallest absolute Gasteiger partial charge is 0.297 e. The Morgan fingerprint density at radius 2 is 1.83 bits per heavy atom. The number of aromatic nitrogens is 4. The van der Waals surface area contributed by atoms with Gasteiger partial charge in [0.25, 0.3) is 6.43 Å². The number of ether oxygens (including phenoxy) is 1. The lowest BCUT2D eigenvalue weighted by Gasteiger charge is -2.23. The van der Waals surface area contributed by atoms with Gasteiger partial charge in [-0.3, -0.25) is 9.38 Å². The average Bonchev–Trinajstić information content (AvgIpc) is 2.98. The molecule has 0 radical (unpaired) electrons. The van der Waals surface area contributed by atoms with Gasteiger partial charge >= 0.3 is 0 Å². The number of fused-ring (bicyclic) bond motifs is 1. The molecular weight excluding hydrogens is 302 g/mol. The van der Waals surface area contributed by atoms with Gasteiger partial charge in [0.15, 0.2) is 5.65 Å². The highest BCUT2D eigenvalue weighted by Gasteiger charge is 2.20. The van der Waals surface area contributed by atoms with Crippen LogP contribution < -0.4 is 0 Å². The summed E-state index contributed by atoms with van der Waals surface area (Å²) in [5.74, 6) is -0.388. The zero-order valence-corrected chi connectivity index (χ0v) is 13.0. The monoisotopic (exact) mass is 318 g/mol. The van der Waals surface area contributed by atoms with Crippen LogP contribution in [0.1, 0.15) is 31.7 Å². The maximum atomic E-state index is 12.9.